The molecule has 1 atom stereocenters. The van der Waals surface area contributed by atoms with Crippen LogP contribution in [0.2, 0.25) is 0 Å². The van der Waals surface area contributed by atoms with Gasteiger partial charge in [-0.3, -0.25) is 0 Å². The van der Waals surface area contributed by atoms with E-state index >= 15 is 0 Å². The molecule has 1 N–H and O–H groups in total. The number of nitrogens with one attached hydrogen (secondary N) is 1. The highest BCUT2D eigenvalue weighted by molar-refractivity contribution is 5.33. The molecule has 1 rings (SSSR count). The topological polar surface area (TPSA) is 12.0 Å². The third kappa shape index (κ3) is 3.57. The summed E-state index contributed by atoms with van der Waals surface area (Å²) in [7, 11) is 1.55. The van der Waals surface area contributed by atoms with E-state index in [1.54, 1.807) is 13.1 Å². The Hall–Kier alpha value is -1.36. The molecule has 18 heavy (non-hydrogen) atoms. The minimum atomic E-state index is -4.48. The van der Waals surface area contributed by atoms with Crippen molar-refractivity contribution < 1.29 is 17.6 Å². The summed E-state index contributed by atoms with van der Waals surface area (Å²) >= 11 is 0. The Balaban J connectivity index is 3.18. The average molecular weight is 261 g/mol. The lowest BCUT2D eigenvalue weighted by Crippen LogP contribution is -2.21. The van der Waals surface area contributed by atoms with Gasteiger partial charge < -0.3 is 5.32 Å². The second kappa shape index (κ2) is 6.00. The SMILES string of the molecule is C=CCCC(NC)c1cc(F)ccc1C(F)(F)F. The normalized spacial score (nSPS) is 13.4. The fraction of sp³-hybridized carbons (Fsp3) is 0.385. The summed E-state index contributed by atoms with van der Waals surface area (Å²) in [4.78, 5) is 0. The van der Waals surface area contributed by atoms with Crippen molar-refractivity contribution in [2.75, 3.05) is 7.05 Å². The summed E-state index contributed by atoms with van der Waals surface area (Å²) in [5, 5.41) is 2.78. The summed E-state index contributed by atoms with van der Waals surface area (Å²) in [6, 6.07) is 2.00. The maximum atomic E-state index is 13.1. The molecule has 0 aliphatic carbocycles. The molecular formula is C13H15F4N. The zero-order valence-electron chi connectivity index (χ0n) is 10.0. The van der Waals surface area contributed by atoms with E-state index in [0.29, 0.717) is 12.8 Å². The van der Waals surface area contributed by atoms with E-state index in [0.717, 1.165) is 18.2 Å². The number of rotatable bonds is 5. The molecule has 0 aliphatic heterocycles. The van der Waals surface area contributed by atoms with Crippen molar-refractivity contribution in [3.8, 4) is 0 Å². The van der Waals surface area contributed by atoms with Crippen LogP contribution >= 0.6 is 0 Å². The highest BCUT2D eigenvalue weighted by Crippen LogP contribution is 2.36. The highest BCUT2D eigenvalue weighted by atomic mass is 19.4. The van der Waals surface area contributed by atoms with Crippen molar-refractivity contribution in [1.29, 1.82) is 0 Å². The molecule has 1 nitrogen and oxygen atoms in total. The molecule has 0 amide bonds. The van der Waals surface area contributed by atoms with Crippen LogP contribution in [-0.4, -0.2) is 7.05 Å². The predicted octanol–water partition coefficient (Wildman–Crippen LogP) is 4.07. The Morgan fingerprint density at radius 1 is 1.39 bits per heavy atom. The van der Waals surface area contributed by atoms with Crippen molar-refractivity contribution in [2.24, 2.45) is 0 Å². The number of hydrogen-bond donors (Lipinski definition) is 1. The van der Waals surface area contributed by atoms with E-state index in [9.17, 15) is 17.6 Å². The van der Waals surface area contributed by atoms with Crippen molar-refractivity contribution in [3.63, 3.8) is 0 Å². The summed E-state index contributed by atoms with van der Waals surface area (Å²) < 4.78 is 51.6. The summed E-state index contributed by atoms with van der Waals surface area (Å²) in [6.45, 7) is 3.53. The van der Waals surface area contributed by atoms with Crippen LogP contribution < -0.4 is 5.32 Å². The van der Waals surface area contributed by atoms with Crippen molar-refractivity contribution in [1.82, 2.24) is 5.32 Å². The molecule has 0 spiro atoms. The first-order chi connectivity index (χ1) is 8.40. The van der Waals surface area contributed by atoms with Crippen LogP contribution in [0.5, 0.6) is 0 Å². The number of hydrogen-bond acceptors (Lipinski definition) is 1. The predicted molar refractivity (Wildman–Crippen MR) is 62.6 cm³/mol. The van der Waals surface area contributed by atoms with E-state index in [1.807, 2.05) is 0 Å². The van der Waals surface area contributed by atoms with Gasteiger partial charge in [-0.25, -0.2) is 4.39 Å². The van der Waals surface area contributed by atoms with Gasteiger partial charge in [-0.1, -0.05) is 6.08 Å². The smallest absolute Gasteiger partial charge is 0.313 e. The van der Waals surface area contributed by atoms with Gasteiger partial charge in [-0.05, 0) is 43.7 Å². The van der Waals surface area contributed by atoms with Gasteiger partial charge in [-0.2, -0.15) is 13.2 Å². The number of benzene rings is 1. The zero-order chi connectivity index (χ0) is 13.8. The van der Waals surface area contributed by atoms with Crippen LogP contribution in [-0.2, 0) is 6.18 Å². The molecule has 0 aromatic heterocycles. The molecule has 0 saturated carbocycles. The molecule has 0 bridgehead atoms. The summed E-state index contributed by atoms with van der Waals surface area (Å²) in [5.41, 5.74) is -0.862. The van der Waals surface area contributed by atoms with Crippen molar-refractivity contribution in [3.05, 3.63) is 47.8 Å². The van der Waals surface area contributed by atoms with Gasteiger partial charge in [0.2, 0.25) is 0 Å². The Bertz CT molecular complexity index is 412. The van der Waals surface area contributed by atoms with Crippen molar-refractivity contribution >= 4 is 0 Å². The number of halogens is 4. The lowest BCUT2D eigenvalue weighted by Gasteiger charge is -2.21. The quantitative estimate of drug-likeness (QED) is 0.622. The Morgan fingerprint density at radius 3 is 2.56 bits per heavy atom. The Kier molecular flexibility index (Phi) is 4.90. The minimum Gasteiger partial charge on any atom is -0.313 e. The summed E-state index contributed by atoms with van der Waals surface area (Å²) in [6.07, 6.45) is -1.87. The average Bonchev–Trinajstić information content (AvgIpc) is 2.28. The first-order valence-electron chi connectivity index (χ1n) is 5.55. The Labute approximate surface area is 104 Å². The minimum absolute atomic E-state index is 0.0631. The van der Waals surface area contributed by atoms with Gasteiger partial charge >= 0.3 is 6.18 Å². The van der Waals surface area contributed by atoms with Crippen LogP contribution in [0.15, 0.2) is 30.9 Å². The highest BCUT2D eigenvalue weighted by Gasteiger charge is 2.35. The molecule has 1 unspecified atom stereocenters. The van der Waals surface area contributed by atoms with Gasteiger partial charge in [-0.15, -0.1) is 6.58 Å². The van der Waals surface area contributed by atoms with Crippen LogP contribution in [0.4, 0.5) is 17.6 Å². The molecule has 0 saturated heterocycles. The molecule has 100 valence electrons. The van der Waals surface area contributed by atoms with E-state index in [2.05, 4.69) is 11.9 Å². The second-order valence-corrected chi connectivity index (χ2v) is 3.94. The van der Waals surface area contributed by atoms with Gasteiger partial charge in [0.05, 0.1) is 5.56 Å². The van der Waals surface area contributed by atoms with Crippen molar-refractivity contribution in [2.45, 2.75) is 25.1 Å². The third-order valence-corrected chi connectivity index (χ3v) is 2.70. The first-order valence-corrected chi connectivity index (χ1v) is 5.55. The molecule has 0 fully saturated rings. The lowest BCUT2D eigenvalue weighted by molar-refractivity contribution is -0.138. The largest absolute Gasteiger partial charge is 0.416 e. The molecule has 1 aromatic rings. The molecule has 0 heterocycles. The molecule has 5 heteroatoms. The van der Waals surface area contributed by atoms with Gasteiger partial charge in [0.1, 0.15) is 5.82 Å². The van der Waals surface area contributed by atoms with E-state index in [-0.39, 0.29) is 5.56 Å². The zero-order valence-corrected chi connectivity index (χ0v) is 10.0. The molecule has 0 aliphatic rings. The summed E-state index contributed by atoms with van der Waals surface area (Å²) in [5.74, 6) is -0.670. The molecular weight excluding hydrogens is 246 g/mol. The van der Waals surface area contributed by atoms with E-state index < -0.39 is 23.6 Å². The number of allylic oxidation sites excluding steroid dienone is 1. The maximum absolute atomic E-state index is 13.1. The van der Waals surface area contributed by atoms with E-state index in [4.69, 9.17) is 0 Å². The van der Waals surface area contributed by atoms with E-state index in [1.165, 1.54) is 0 Å². The van der Waals surface area contributed by atoms with Gasteiger partial charge in [0.15, 0.2) is 0 Å². The van der Waals surface area contributed by atoms with Gasteiger partial charge in [0, 0.05) is 6.04 Å². The molecule has 0 radical (unpaired) electrons. The second-order valence-electron chi connectivity index (χ2n) is 3.94. The Morgan fingerprint density at radius 2 is 2.06 bits per heavy atom. The van der Waals surface area contributed by atoms with Gasteiger partial charge in [0.25, 0.3) is 0 Å². The standard InChI is InChI=1S/C13H15F4N/c1-3-4-5-12(18-2)10-8-9(14)6-7-11(10)13(15,16)17/h3,6-8,12,18H,1,4-5H2,2H3. The van der Waals surface area contributed by atoms with Crippen LogP contribution in [0.1, 0.15) is 30.0 Å². The first kappa shape index (κ1) is 14.7. The van der Waals surface area contributed by atoms with Crippen LogP contribution in [0, 0.1) is 5.82 Å². The lowest BCUT2D eigenvalue weighted by atomic mass is 9.96. The van der Waals surface area contributed by atoms with Crippen LogP contribution in [0.3, 0.4) is 0 Å². The monoisotopic (exact) mass is 261 g/mol. The third-order valence-electron chi connectivity index (χ3n) is 2.70. The maximum Gasteiger partial charge on any atom is 0.416 e. The fourth-order valence-electron chi connectivity index (χ4n) is 1.82. The number of alkyl halides is 3. The fourth-order valence-corrected chi connectivity index (χ4v) is 1.82. The van der Waals surface area contributed by atoms with Crippen LogP contribution in [0.25, 0.3) is 0 Å². The molecule has 1 aromatic carbocycles.